The topological polar surface area (TPSA) is 50.2 Å². The van der Waals surface area contributed by atoms with Gasteiger partial charge in [0, 0.05) is 9.77 Å². The van der Waals surface area contributed by atoms with Crippen LogP contribution in [0.2, 0.25) is 0 Å². The smallest absolute Gasteiger partial charge is 0.172 e. The summed E-state index contributed by atoms with van der Waals surface area (Å²) >= 11 is 2.00. The minimum Gasteiger partial charge on any atom is -0.506 e. The molecule has 0 atom stereocenters. The number of halogens is 1. The Bertz CT molecular complexity index is 262. The summed E-state index contributed by atoms with van der Waals surface area (Å²) in [6, 6.07) is 1.48. The molecule has 0 fully saturated rings. The average Bonchev–Trinajstić information content (AvgIpc) is 1.88. The number of carbonyl (C=O) groups excluding carboxylic acids is 1. The van der Waals surface area contributed by atoms with Gasteiger partial charge < -0.3 is 5.11 Å². The van der Waals surface area contributed by atoms with Gasteiger partial charge in [-0.2, -0.15) is 0 Å². The third-order valence-corrected chi connectivity index (χ3v) is 1.57. The molecule has 10 heavy (non-hydrogen) atoms. The molecule has 1 rings (SSSR count). The first-order valence-corrected chi connectivity index (χ1v) is 3.61. The summed E-state index contributed by atoms with van der Waals surface area (Å²) in [4.78, 5) is 13.8. The van der Waals surface area contributed by atoms with E-state index in [4.69, 9.17) is 5.11 Å². The molecule has 1 aromatic rings. The fourth-order valence-electron chi connectivity index (χ4n) is 0.530. The molecule has 0 amide bonds. The standard InChI is InChI=1S/C6H4INO2/c7-4-1-6(10)5(3-9)8-2-4/h1-3,10H. The van der Waals surface area contributed by atoms with Gasteiger partial charge in [-0.3, -0.25) is 4.79 Å². The third-order valence-electron chi connectivity index (χ3n) is 0.976. The predicted octanol–water partition coefficient (Wildman–Crippen LogP) is 1.20. The molecule has 0 saturated carbocycles. The minimum absolute atomic E-state index is 0.0677. The lowest BCUT2D eigenvalue weighted by atomic mass is 10.3. The second-order valence-corrected chi connectivity index (χ2v) is 2.92. The van der Waals surface area contributed by atoms with Crippen molar-refractivity contribution >= 4 is 28.9 Å². The number of aromatic hydroxyl groups is 1. The van der Waals surface area contributed by atoms with E-state index in [1.165, 1.54) is 12.3 Å². The quantitative estimate of drug-likeness (QED) is 0.601. The number of carbonyl (C=O) groups is 1. The Morgan fingerprint density at radius 2 is 2.40 bits per heavy atom. The van der Waals surface area contributed by atoms with Gasteiger partial charge in [0.15, 0.2) is 6.29 Å². The fraction of sp³-hybridized carbons (Fsp3) is 0. The van der Waals surface area contributed by atoms with Crippen LogP contribution >= 0.6 is 22.6 Å². The molecule has 0 spiro atoms. The first-order valence-electron chi connectivity index (χ1n) is 2.53. The lowest BCUT2D eigenvalue weighted by Crippen LogP contribution is -1.87. The summed E-state index contributed by atoms with van der Waals surface area (Å²) in [6.45, 7) is 0. The van der Waals surface area contributed by atoms with E-state index >= 15 is 0 Å². The van der Waals surface area contributed by atoms with Crippen molar-refractivity contribution in [2.24, 2.45) is 0 Å². The zero-order chi connectivity index (χ0) is 7.56. The summed E-state index contributed by atoms with van der Waals surface area (Å²) in [5.41, 5.74) is 0.0837. The van der Waals surface area contributed by atoms with Crippen molar-refractivity contribution in [3.63, 3.8) is 0 Å². The Balaban J connectivity index is 3.19. The first kappa shape index (κ1) is 7.46. The van der Waals surface area contributed by atoms with Gasteiger partial charge in [0.2, 0.25) is 0 Å². The second-order valence-electron chi connectivity index (χ2n) is 1.68. The summed E-state index contributed by atoms with van der Waals surface area (Å²) in [6.07, 6.45) is 2.04. The third kappa shape index (κ3) is 1.44. The van der Waals surface area contributed by atoms with Gasteiger partial charge >= 0.3 is 0 Å². The average molecular weight is 249 g/mol. The number of aromatic nitrogens is 1. The second kappa shape index (κ2) is 2.96. The summed E-state index contributed by atoms with van der Waals surface area (Å²) in [7, 11) is 0. The fourth-order valence-corrected chi connectivity index (χ4v) is 0.964. The zero-order valence-electron chi connectivity index (χ0n) is 4.91. The lowest BCUT2D eigenvalue weighted by molar-refractivity contribution is 0.111. The molecule has 0 unspecified atom stereocenters. The van der Waals surface area contributed by atoms with Gasteiger partial charge in [0.1, 0.15) is 11.4 Å². The van der Waals surface area contributed by atoms with E-state index in [1.54, 1.807) is 0 Å². The van der Waals surface area contributed by atoms with Gasteiger partial charge in [-0.15, -0.1) is 0 Å². The van der Waals surface area contributed by atoms with E-state index in [0.717, 1.165) is 3.57 Å². The van der Waals surface area contributed by atoms with Crippen molar-refractivity contribution in [2.75, 3.05) is 0 Å². The first-order chi connectivity index (χ1) is 4.74. The van der Waals surface area contributed by atoms with Crippen molar-refractivity contribution < 1.29 is 9.90 Å². The molecule has 0 bridgehead atoms. The molecular formula is C6H4INO2. The Hall–Kier alpha value is -0.650. The maximum atomic E-state index is 10.1. The van der Waals surface area contributed by atoms with Gasteiger partial charge in [-0.1, -0.05) is 0 Å². The van der Waals surface area contributed by atoms with Gasteiger partial charge in [-0.05, 0) is 28.7 Å². The molecule has 0 aliphatic rings. The highest BCUT2D eigenvalue weighted by Crippen LogP contribution is 2.14. The van der Waals surface area contributed by atoms with Crippen LogP contribution in [0.15, 0.2) is 12.3 Å². The van der Waals surface area contributed by atoms with Crippen LogP contribution in [-0.4, -0.2) is 16.4 Å². The van der Waals surface area contributed by atoms with Crippen LogP contribution in [-0.2, 0) is 0 Å². The van der Waals surface area contributed by atoms with Crippen molar-refractivity contribution in [1.29, 1.82) is 0 Å². The highest BCUT2D eigenvalue weighted by atomic mass is 127. The number of hydrogen-bond acceptors (Lipinski definition) is 3. The van der Waals surface area contributed by atoms with Gasteiger partial charge in [0.05, 0.1) is 0 Å². The van der Waals surface area contributed by atoms with Crippen LogP contribution < -0.4 is 0 Å². The number of pyridine rings is 1. The summed E-state index contributed by atoms with van der Waals surface area (Å²) in [5, 5.41) is 8.99. The molecule has 52 valence electrons. The van der Waals surface area contributed by atoms with Crippen LogP contribution in [0.3, 0.4) is 0 Å². The number of nitrogens with zero attached hydrogens (tertiary/aromatic N) is 1. The van der Waals surface area contributed by atoms with Crippen molar-refractivity contribution in [1.82, 2.24) is 4.98 Å². The summed E-state index contributed by atoms with van der Waals surface area (Å²) in [5.74, 6) is -0.0677. The van der Waals surface area contributed by atoms with E-state index in [0.29, 0.717) is 6.29 Å². The van der Waals surface area contributed by atoms with Crippen molar-refractivity contribution in [2.45, 2.75) is 0 Å². The number of aldehydes is 1. The maximum absolute atomic E-state index is 10.1. The molecule has 4 heteroatoms. The van der Waals surface area contributed by atoms with Gasteiger partial charge in [-0.25, -0.2) is 4.98 Å². The SMILES string of the molecule is O=Cc1ncc(I)cc1O. The Kier molecular flexibility index (Phi) is 2.21. The normalized spacial score (nSPS) is 9.30. The van der Waals surface area contributed by atoms with Crippen LogP contribution in [0, 0.1) is 3.57 Å². The van der Waals surface area contributed by atoms with Crippen LogP contribution in [0.5, 0.6) is 5.75 Å². The van der Waals surface area contributed by atoms with E-state index in [2.05, 4.69) is 4.98 Å². The Morgan fingerprint density at radius 1 is 1.70 bits per heavy atom. The number of hydrogen-bond donors (Lipinski definition) is 1. The molecule has 0 aliphatic heterocycles. The molecular weight excluding hydrogens is 245 g/mol. The van der Waals surface area contributed by atoms with Crippen LogP contribution in [0.4, 0.5) is 0 Å². The highest BCUT2D eigenvalue weighted by Gasteiger charge is 1.99. The minimum atomic E-state index is -0.0677. The van der Waals surface area contributed by atoms with Gasteiger partial charge in [0.25, 0.3) is 0 Å². The van der Waals surface area contributed by atoms with E-state index in [-0.39, 0.29) is 11.4 Å². The lowest BCUT2D eigenvalue weighted by Gasteiger charge is -1.94. The van der Waals surface area contributed by atoms with E-state index < -0.39 is 0 Å². The maximum Gasteiger partial charge on any atom is 0.172 e. The molecule has 0 aromatic carbocycles. The molecule has 1 aromatic heterocycles. The van der Waals surface area contributed by atoms with Crippen molar-refractivity contribution in [3.8, 4) is 5.75 Å². The monoisotopic (exact) mass is 249 g/mol. The van der Waals surface area contributed by atoms with Crippen molar-refractivity contribution in [3.05, 3.63) is 21.5 Å². The molecule has 1 heterocycles. The Labute approximate surface area is 71.2 Å². The molecule has 1 N–H and O–H groups in total. The zero-order valence-corrected chi connectivity index (χ0v) is 7.07. The molecule has 0 radical (unpaired) electrons. The number of rotatable bonds is 1. The van der Waals surface area contributed by atoms with E-state index in [9.17, 15) is 4.79 Å². The highest BCUT2D eigenvalue weighted by molar-refractivity contribution is 14.1. The molecule has 0 aliphatic carbocycles. The van der Waals surface area contributed by atoms with Crippen LogP contribution in [0.25, 0.3) is 0 Å². The Morgan fingerprint density at radius 3 is 2.90 bits per heavy atom. The molecule has 0 saturated heterocycles. The predicted molar refractivity (Wildman–Crippen MR) is 44.0 cm³/mol. The largest absolute Gasteiger partial charge is 0.506 e. The summed E-state index contributed by atoms with van der Waals surface area (Å²) < 4.78 is 0.806. The van der Waals surface area contributed by atoms with E-state index in [1.807, 2.05) is 22.6 Å². The van der Waals surface area contributed by atoms with Crippen LogP contribution in [0.1, 0.15) is 10.5 Å². The molecule has 3 nitrogen and oxygen atoms in total.